The number of allylic oxidation sites excluding steroid dienone is 1. The molecule has 76 valence electrons. The highest BCUT2D eigenvalue weighted by molar-refractivity contribution is 5.78. The molecule has 0 aromatic rings. The smallest absolute Gasteiger partial charge is 0.0277 e. The number of hydrogen-bond donors (Lipinski definition) is 2. The van der Waals surface area contributed by atoms with Crippen molar-refractivity contribution in [1.82, 2.24) is 0 Å². The van der Waals surface area contributed by atoms with E-state index in [1.807, 2.05) is 6.21 Å². The standard InChI is InChI=1S/C10H19N3.H2/c1-13-7-9(6-11)8-2-4-10(12)5-3-8;/h6-8,10H,2-5,11-12H2,1H3;1H/b9-6+,13-7?;. The van der Waals surface area contributed by atoms with Gasteiger partial charge in [-0.1, -0.05) is 0 Å². The minimum atomic E-state index is 0. The van der Waals surface area contributed by atoms with Gasteiger partial charge in [0.15, 0.2) is 0 Å². The van der Waals surface area contributed by atoms with Crippen LogP contribution in [0.4, 0.5) is 0 Å². The van der Waals surface area contributed by atoms with Gasteiger partial charge in [-0.3, -0.25) is 4.99 Å². The topological polar surface area (TPSA) is 64.4 Å². The van der Waals surface area contributed by atoms with Gasteiger partial charge in [-0.2, -0.15) is 0 Å². The second-order valence-corrected chi connectivity index (χ2v) is 3.67. The second kappa shape index (κ2) is 5.02. The molecule has 0 aromatic carbocycles. The molecule has 1 aliphatic carbocycles. The van der Waals surface area contributed by atoms with Crippen molar-refractivity contribution < 1.29 is 1.43 Å². The maximum Gasteiger partial charge on any atom is 0.0277 e. The Morgan fingerprint density at radius 1 is 1.38 bits per heavy atom. The summed E-state index contributed by atoms with van der Waals surface area (Å²) in [5.41, 5.74) is 12.5. The van der Waals surface area contributed by atoms with E-state index in [0.29, 0.717) is 12.0 Å². The van der Waals surface area contributed by atoms with Gasteiger partial charge in [-0.15, -0.1) is 0 Å². The molecule has 0 saturated heterocycles. The fraction of sp³-hybridized carbons (Fsp3) is 0.700. The molecular weight excluding hydrogens is 162 g/mol. The van der Waals surface area contributed by atoms with Crippen LogP contribution in [-0.4, -0.2) is 19.3 Å². The van der Waals surface area contributed by atoms with Gasteiger partial charge < -0.3 is 11.5 Å². The number of aliphatic imine (C=N–C) groups is 1. The van der Waals surface area contributed by atoms with Gasteiger partial charge in [-0.25, -0.2) is 0 Å². The monoisotopic (exact) mass is 183 g/mol. The Kier molecular flexibility index (Phi) is 3.96. The molecule has 3 nitrogen and oxygen atoms in total. The zero-order valence-electron chi connectivity index (χ0n) is 8.24. The van der Waals surface area contributed by atoms with Crippen LogP contribution in [0.2, 0.25) is 0 Å². The summed E-state index contributed by atoms with van der Waals surface area (Å²) in [6.07, 6.45) is 8.06. The SMILES string of the molecule is CN=C/C(=C\N)C1CCC(N)CC1.[HH]. The minimum Gasteiger partial charge on any atom is -0.404 e. The predicted octanol–water partition coefficient (Wildman–Crippen LogP) is 1.29. The zero-order chi connectivity index (χ0) is 9.68. The molecule has 0 spiro atoms. The van der Waals surface area contributed by atoms with Crippen LogP contribution in [0.15, 0.2) is 16.8 Å². The fourth-order valence-corrected chi connectivity index (χ4v) is 1.89. The van der Waals surface area contributed by atoms with E-state index < -0.39 is 0 Å². The lowest BCUT2D eigenvalue weighted by Gasteiger charge is -2.26. The quantitative estimate of drug-likeness (QED) is 0.634. The van der Waals surface area contributed by atoms with Crippen molar-refractivity contribution in [2.45, 2.75) is 31.7 Å². The molecule has 0 unspecified atom stereocenters. The fourth-order valence-electron chi connectivity index (χ4n) is 1.89. The molecule has 1 rings (SSSR count). The maximum atomic E-state index is 5.83. The Morgan fingerprint density at radius 2 is 2.00 bits per heavy atom. The average molecular weight is 183 g/mol. The first-order valence-corrected chi connectivity index (χ1v) is 4.87. The molecule has 0 aromatic heterocycles. The third kappa shape index (κ3) is 2.84. The third-order valence-corrected chi connectivity index (χ3v) is 2.71. The molecule has 0 radical (unpaired) electrons. The van der Waals surface area contributed by atoms with Gasteiger partial charge in [0.1, 0.15) is 0 Å². The van der Waals surface area contributed by atoms with Crippen LogP contribution < -0.4 is 11.5 Å². The van der Waals surface area contributed by atoms with Crippen molar-refractivity contribution in [3.63, 3.8) is 0 Å². The highest BCUT2D eigenvalue weighted by Gasteiger charge is 2.20. The lowest BCUT2D eigenvalue weighted by molar-refractivity contribution is 0.369. The summed E-state index contributed by atoms with van der Waals surface area (Å²) in [4.78, 5) is 4.00. The molecule has 0 aliphatic heterocycles. The molecule has 0 bridgehead atoms. The van der Waals surface area contributed by atoms with Gasteiger partial charge in [0.25, 0.3) is 0 Å². The van der Waals surface area contributed by atoms with Crippen LogP contribution in [0, 0.1) is 5.92 Å². The molecule has 13 heavy (non-hydrogen) atoms. The number of nitrogens with zero attached hydrogens (tertiary/aromatic N) is 1. The summed E-state index contributed by atoms with van der Waals surface area (Å²) in [6, 6.07) is 0.397. The highest BCUT2D eigenvalue weighted by Crippen LogP contribution is 2.27. The van der Waals surface area contributed by atoms with Crippen molar-refractivity contribution >= 4 is 6.21 Å². The van der Waals surface area contributed by atoms with E-state index in [9.17, 15) is 0 Å². The molecule has 3 heteroatoms. The number of nitrogens with two attached hydrogens (primary N) is 2. The van der Waals surface area contributed by atoms with E-state index in [4.69, 9.17) is 11.5 Å². The van der Waals surface area contributed by atoms with Gasteiger partial charge in [0.2, 0.25) is 0 Å². The normalized spacial score (nSPS) is 31.1. The molecular formula is C10H21N3. The first-order valence-electron chi connectivity index (χ1n) is 4.87. The van der Waals surface area contributed by atoms with Gasteiger partial charge in [-0.05, 0) is 43.4 Å². The Bertz CT molecular complexity index is 205. The summed E-state index contributed by atoms with van der Waals surface area (Å²) in [5.74, 6) is 0.577. The third-order valence-electron chi connectivity index (χ3n) is 2.71. The first kappa shape index (κ1) is 10.3. The number of rotatable bonds is 2. The predicted molar refractivity (Wildman–Crippen MR) is 58.7 cm³/mol. The summed E-state index contributed by atoms with van der Waals surface area (Å²) in [6.45, 7) is 0. The zero-order valence-corrected chi connectivity index (χ0v) is 8.24. The van der Waals surface area contributed by atoms with Crippen molar-refractivity contribution in [2.75, 3.05) is 7.05 Å². The van der Waals surface area contributed by atoms with E-state index in [-0.39, 0.29) is 1.43 Å². The lowest BCUT2D eigenvalue weighted by Crippen LogP contribution is -2.27. The maximum absolute atomic E-state index is 5.83. The Morgan fingerprint density at radius 3 is 2.46 bits per heavy atom. The van der Waals surface area contributed by atoms with E-state index >= 15 is 0 Å². The first-order chi connectivity index (χ1) is 6.27. The van der Waals surface area contributed by atoms with E-state index in [1.54, 1.807) is 13.2 Å². The summed E-state index contributed by atoms with van der Waals surface area (Å²) in [5, 5.41) is 0. The Balaban J connectivity index is 0.00000169. The lowest BCUT2D eigenvalue weighted by atomic mass is 9.82. The van der Waals surface area contributed by atoms with E-state index in [0.717, 1.165) is 31.3 Å². The second-order valence-electron chi connectivity index (χ2n) is 3.67. The van der Waals surface area contributed by atoms with Crippen molar-refractivity contribution in [1.29, 1.82) is 0 Å². The van der Waals surface area contributed by atoms with E-state index in [1.165, 1.54) is 0 Å². The average Bonchev–Trinajstić information content (AvgIpc) is 2.16. The molecule has 4 N–H and O–H groups in total. The van der Waals surface area contributed by atoms with Crippen molar-refractivity contribution in [3.05, 3.63) is 11.8 Å². The Hall–Kier alpha value is -0.830. The minimum absolute atomic E-state index is 0. The number of hydrogen-bond acceptors (Lipinski definition) is 3. The molecule has 1 aliphatic rings. The van der Waals surface area contributed by atoms with Crippen LogP contribution in [0.1, 0.15) is 27.1 Å². The van der Waals surface area contributed by atoms with Crippen LogP contribution in [-0.2, 0) is 0 Å². The molecule has 1 saturated carbocycles. The van der Waals surface area contributed by atoms with Crippen molar-refractivity contribution in [2.24, 2.45) is 22.4 Å². The molecule has 0 amide bonds. The van der Waals surface area contributed by atoms with Crippen molar-refractivity contribution in [3.8, 4) is 0 Å². The van der Waals surface area contributed by atoms with Crippen LogP contribution in [0.25, 0.3) is 0 Å². The largest absolute Gasteiger partial charge is 0.404 e. The molecule has 1 fully saturated rings. The molecule has 0 heterocycles. The van der Waals surface area contributed by atoms with Gasteiger partial charge in [0.05, 0.1) is 0 Å². The molecule has 0 atom stereocenters. The van der Waals surface area contributed by atoms with Crippen LogP contribution in [0.5, 0.6) is 0 Å². The summed E-state index contributed by atoms with van der Waals surface area (Å²) < 4.78 is 0. The van der Waals surface area contributed by atoms with Crippen LogP contribution >= 0.6 is 0 Å². The van der Waals surface area contributed by atoms with E-state index in [2.05, 4.69) is 4.99 Å². The van der Waals surface area contributed by atoms with Crippen LogP contribution in [0.3, 0.4) is 0 Å². The van der Waals surface area contributed by atoms with Gasteiger partial charge in [0, 0.05) is 20.7 Å². The summed E-state index contributed by atoms with van der Waals surface area (Å²) >= 11 is 0. The van der Waals surface area contributed by atoms with Gasteiger partial charge >= 0.3 is 0 Å². The highest BCUT2D eigenvalue weighted by atomic mass is 14.7. The summed E-state index contributed by atoms with van der Waals surface area (Å²) in [7, 11) is 1.78. The Labute approximate surface area is 81.4 Å².